The molecular formula is C32H32Cl3N3O4S. The number of benzene rings is 3. The quantitative estimate of drug-likeness (QED) is 0.147. The van der Waals surface area contributed by atoms with Crippen LogP contribution in [-0.2, 0) is 34.5 Å². The topological polar surface area (TPSA) is 85.6 Å². The Morgan fingerprint density at radius 1 is 1.00 bits per heavy atom. The van der Waals surface area contributed by atoms with E-state index >= 15 is 0 Å². The minimum absolute atomic E-state index is 0.00509. The zero-order valence-corrected chi connectivity index (χ0v) is 26.7. The molecule has 2 N–H and O–H groups in total. The molecule has 0 spiro atoms. The van der Waals surface area contributed by atoms with Crippen molar-refractivity contribution >= 4 is 52.5 Å². The van der Waals surface area contributed by atoms with E-state index in [0.717, 1.165) is 44.3 Å². The molecule has 43 heavy (non-hydrogen) atoms. The number of ether oxygens (including phenoxy) is 2. The maximum Gasteiger partial charge on any atom is 0.272 e. The van der Waals surface area contributed by atoms with E-state index in [1.807, 2.05) is 90.6 Å². The van der Waals surface area contributed by atoms with E-state index in [0.29, 0.717) is 0 Å². The van der Waals surface area contributed by atoms with Gasteiger partial charge in [-0.15, -0.1) is 0 Å². The molecule has 0 radical (unpaired) electrons. The first-order chi connectivity index (χ1) is 20.6. The van der Waals surface area contributed by atoms with Crippen molar-refractivity contribution in [3.63, 3.8) is 0 Å². The fraction of sp³-hybridized carbons (Fsp3) is 0.312. The lowest BCUT2D eigenvalue weighted by Crippen LogP contribution is -2.38. The molecule has 4 atom stereocenters. The molecule has 1 aromatic heterocycles. The molecule has 1 fully saturated rings. The molecule has 0 saturated carbocycles. The average Bonchev–Trinajstić information content (AvgIpc) is 3.43. The molecule has 4 unspecified atom stereocenters. The number of nitrogens with one attached hydrogen (secondary N) is 1. The van der Waals surface area contributed by atoms with Gasteiger partial charge in [0.15, 0.2) is 11.4 Å². The summed E-state index contributed by atoms with van der Waals surface area (Å²) in [5.41, 5.74) is 5.67. The smallest absolute Gasteiger partial charge is 0.272 e. The number of nitrogens with zero attached hydrogens (tertiary/aromatic N) is 2. The standard InChI is InChI=1S/C32H32Cl3N3O4S/c1-20-27(19-43-31-36-14-15-38(31)2)41-29(42-28(20)24-8-6-21(18-39)7-9-24)25-12-10-23(11-13-25)26-5-3-4-22(16-26)17-37-30(40)32(33,34)35/h3-16,20,27-29,39H,17-19H2,1-2H3,(H,37,40). The van der Waals surface area contributed by atoms with Gasteiger partial charge >= 0.3 is 0 Å². The van der Waals surface area contributed by atoms with Crippen LogP contribution in [0.3, 0.4) is 0 Å². The minimum Gasteiger partial charge on any atom is -0.392 e. The number of hydrogen-bond donors (Lipinski definition) is 2. The lowest BCUT2D eigenvalue weighted by molar-refractivity contribution is -0.268. The number of aromatic nitrogens is 2. The van der Waals surface area contributed by atoms with Crippen LogP contribution in [0.5, 0.6) is 0 Å². The molecule has 1 aliphatic rings. The first-order valence-corrected chi connectivity index (χ1v) is 15.9. The Kier molecular flexibility index (Phi) is 10.4. The second kappa shape index (κ2) is 14.0. The molecule has 2 heterocycles. The first kappa shape index (κ1) is 31.9. The number of imidazole rings is 1. The van der Waals surface area contributed by atoms with E-state index in [9.17, 15) is 9.90 Å². The third-order valence-electron chi connectivity index (χ3n) is 7.43. The van der Waals surface area contributed by atoms with Crippen molar-refractivity contribution in [2.24, 2.45) is 13.0 Å². The van der Waals surface area contributed by atoms with E-state index < -0.39 is 16.0 Å². The number of carbonyl (C=O) groups excluding carboxylic acids is 1. The number of amides is 1. The van der Waals surface area contributed by atoms with Crippen molar-refractivity contribution in [3.8, 4) is 11.1 Å². The summed E-state index contributed by atoms with van der Waals surface area (Å²) in [6.07, 6.45) is 2.87. The van der Waals surface area contributed by atoms with Gasteiger partial charge in [0.25, 0.3) is 9.70 Å². The largest absolute Gasteiger partial charge is 0.392 e. The van der Waals surface area contributed by atoms with Crippen molar-refractivity contribution in [3.05, 3.63) is 107 Å². The van der Waals surface area contributed by atoms with Crippen LogP contribution in [0, 0.1) is 5.92 Å². The third-order valence-corrected chi connectivity index (χ3v) is 9.09. The first-order valence-electron chi connectivity index (χ1n) is 13.8. The number of hydrogen-bond acceptors (Lipinski definition) is 6. The Morgan fingerprint density at radius 2 is 1.72 bits per heavy atom. The molecule has 7 nitrogen and oxygen atoms in total. The number of carbonyl (C=O) groups is 1. The highest BCUT2D eigenvalue weighted by Crippen LogP contribution is 2.43. The Bertz CT molecular complexity index is 1530. The van der Waals surface area contributed by atoms with Gasteiger partial charge in [0, 0.05) is 43.2 Å². The van der Waals surface area contributed by atoms with Crippen LogP contribution in [0.25, 0.3) is 11.1 Å². The molecule has 4 aromatic rings. The Hall–Kier alpha value is -2.56. The molecule has 1 amide bonds. The summed E-state index contributed by atoms with van der Waals surface area (Å²) >= 11 is 18.6. The van der Waals surface area contributed by atoms with Gasteiger partial charge < -0.3 is 24.5 Å². The number of aryl methyl sites for hydroxylation is 1. The van der Waals surface area contributed by atoms with Crippen LogP contribution in [0.15, 0.2) is 90.3 Å². The predicted octanol–water partition coefficient (Wildman–Crippen LogP) is 7.15. The fourth-order valence-corrected chi connectivity index (χ4v) is 6.23. The SMILES string of the molecule is CC1C(CSc2nccn2C)OC(c2ccc(-c3cccc(CNC(=O)C(Cl)(Cl)Cl)c3)cc2)OC1c1ccc(CO)cc1. The average molecular weight is 661 g/mol. The van der Waals surface area contributed by atoms with Crippen LogP contribution in [0.2, 0.25) is 0 Å². The molecular weight excluding hydrogens is 629 g/mol. The van der Waals surface area contributed by atoms with E-state index in [1.54, 1.807) is 18.0 Å². The second-order valence-electron chi connectivity index (χ2n) is 10.5. The normalized spacial score (nSPS) is 20.6. The predicted molar refractivity (Wildman–Crippen MR) is 171 cm³/mol. The number of thioether (sulfide) groups is 1. The van der Waals surface area contributed by atoms with Gasteiger partial charge in [0.1, 0.15) is 0 Å². The van der Waals surface area contributed by atoms with Crippen molar-refractivity contribution < 1.29 is 19.4 Å². The fourth-order valence-electron chi connectivity index (χ4n) is 4.93. The molecule has 0 bridgehead atoms. The van der Waals surface area contributed by atoms with Crippen LogP contribution >= 0.6 is 46.6 Å². The molecule has 0 aliphatic carbocycles. The van der Waals surface area contributed by atoms with Crippen LogP contribution in [-0.4, -0.2) is 36.2 Å². The number of rotatable bonds is 9. The zero-order valence-electron chi connectivity index (χ0n) is 23.6. The summed E-state index contributed by atoms with van der Waals surface area (Å²) in [6.45, 7) is 2.38. The van der Waals surface area contributed by atoms with E-state index in [4.69, 9.17) is 44.3 Å². The number of aliphatic hydroxyl groups excluding tert-OH is 1. The number of alkyl halides is 3. The van der Waals surface area contributed by atoms with Gasteiger partial charge in [0.2, 0.25) is 0 Å². The highest BCUT2D eigenvalue weighted by molar-refractivity contribution is 7.99. The van der Waals surface area contributed by atoms with Crippen LogP contribution in [0.1, 0.15) is 41.6 Å². The van der Waals surface area contributed by atoms with Crippen molar-refractivity contribution in [1.29, 1.82) is 0 Å². The van der Waals surface area contributed by atoms with E-state index in [2.05, 4.69) is 17.2 Å². The van der Waals surface area contributed by atoms with Gasteiger partial charge in [0.05, 0.1) is 18.8 Å². The maximum atomic E-state index is 11.9. The van der Waals surface area contributed by atoms with Gasteiger partial charge in [-0.05, 0) is 33.9 Å². The second-order valence-corrected chi connectivity index (χ2v) is 13.7. The van der Waals surface area contributed by atoms with Gasteiger partial charge in [-0.2, -0.15) is 0 Å². The highest BCUT2D eigenvalue weighted by atomic mass is 35.6. The van der Waals surface area contributed by atoms with Gasteiger partial charge in [-0.25, -0.2) is 4.98 Å². The highest BCUT2D eigenvalue weighted by Gasteiger charge is 2.38. The van der Waals surface area contributed by atoms with Crippen LogP contribution in [0.4, 0.5) is 0 Å². The molecule has 11 heteroatoms. The molecule has 1 aliphatic heterocycles. The lowest BCUT2D eigenvalue weighted by Gasteiger charge is -2.41. The number of halogens is 3. The zero-order chi connectivity index (χ0) is 30.6. The summed E-state index contributed by atoms with van der Waals surface area (Å²) in [6, 6.07) is 23.8. The Labute approximate surface area is 270 Å². The summed E-state index contributed by atoms with van der Waals surface area (Å²) in [7, 11) is 1.98. The Morgan fingerprint density at radius 3 is 2.37 bits per heavy atom. The molecule has 5 rings (SSSR count). The van der Waals surface area contributed by atoms with Crippen molar-refractivity contribution in [2.45, 2.75) is 47.5 Å². The van der Waals surface area contributed by atoms with Crippen LogP contribution < -0.4 is 5.32 Å². The summed E-state index contributed by atoms with van der Waals surface area (Å²) in [5, 5.41) is 13.1. The number of aliphatic hydroxyl groups is 1. The third kappa shape index (κ3) is 7.94. The molecule has 226 valence electrons. The summed E-state index contributed by atoms with van der Waals surface area (Å²) in [4.78, 5) is 16.4. The van der Waals surface area contributed by atoms with Gasteiger partial charge in [-0.1, -0.05) is 120 Å². The van der Waals surface area contributed by atoms with Crippen molar-refractivity contribution in [1.82, 2.24) is 14.9 Å². The monoisotopic (exact) mass is 659 g/mol. The molecule has 1 saturated heterocycles. The van der Waals surface area contributed by atoms with E-state index in [1.165, 1.54) is 0 Å². The Balaban J connectivity index is 1.34. The lowest BCUT2D eigenvalue weighted by atomic mass is 9.91. The minimum atomic E-state index is -2.01. The summed E-state index contributed by atoms with van der Waals surface area (Å²) in [5.74, 6) is 0.123. The van der Waals surface area contributed by atoms with Crippen molar-refractivity contribution in [2.75, 3.05) is 5.75 Å². The maximum absolute atomic E-state index is 11.9. The summed E-state index contributed by atoms with van der Waals surface area (Å²) < 4.78 is 13.2. The molecule has 3 aromatic carbocycles. The van der Waals surface area contributed by atoms with Gasteiger partial charge in [-0.3, -0.25) is 4.79 Å². The van der Waals surface area contributed by atoms with E-state index in [-0.39, 0.29) is 31.3 Å².